The smallest absolute Gasteiger partial charge is 0.335 e. The SMILES string of the molecule is C#CC(=O)N1CCc2ccc(C(=O)O)cc2C1. The third kappa shape index (κ3) is 2.13. The number of rotatable bonds is 1. The summed E-state index contributed by atoms with van der Waals surface area (Å²) in [4.78, 5) is 23.8. The van der Waals surface area contributed by atoms with Gasteiger partial charge in [-0.3, -0.25) is 4.79 Å². The Morgan fingerprint density at radius 3 is 2.76 bits per heavy atom. The van der Waals surface area contributed by atoms with E-state index in [2.05, 4.69) is 5.92 Å². The standard InChI is InChI=1S/C13H11NO3/c1-2-12(15)14-6-5-9-3-4-10(13(16)17)7-11(9)8-14/h1,3-4,7H,5-6,8H2,(H,16,17). The zero-order chi connectivity index (χ0) is 12.4. The first kappa shape index (κ1) is 11.2. The quantitative estimate of drug-likeness (QED) is 0.728. The molecule has 1 aromatic rings. The third-order valence-electron chi connectivity index (χ3n) is 2.88. The van der Waals surface area contributed by atoms with Crippen LogP contribution in [0.25, 0.3) is 0 Å². The van der Waals surface area contributed by atoms with E-state index in [1.807, 2.05) is 0 Å². The number of carboxylic acids is 1. The van der Waals surface area contributed by atoms with E-state index >= 15 is 0 Å². The molecule has 0 aliphatic carbocycles. The van der Waals surface area contributed by atoms with Crippen molar-refractivity contribution in [1.82, 2.24) is 4.90 Å². The monoisotopic (exact) mass is 229 g/mol. The second-order valence-electron chi connectivity index (χ2n) is 3.91. The number of carboxylic acid groups (broad SMARTS) is 1. The number of nitrogens with zero attached hydrogens (tertiary/aromatic N) is 1. The molecule has 1 aliphatic heterocycles. The van der Waals surface area contributed by atoms with Gasteiger partial charge in [0.15, 0.2) is 0 Å². The summed E-state index contributed by atoms with van der Waals surface area (Å²) in [5.74, 6) is 0.758. The number of hydrogen-bond acceptors (Lipinski definition) is 2. The molecule has 0 atom stereocenters. The molecular weight excluding hydrogens is 218 g/mol. The van der Waals surface area contributed by atoms with E-state index < -0.39 is 5.97 Å². The van der Waals surface area contributed by atoms with E-state index in [0.717, 1.165) is 11.1 Å². The van der Waals surface area contributed by atoms with Crippen LogP contribution in [0, 0.1) is 12.3 Å². The Balaban J connectivity index is 2.30. The average Bonchev–Trinajstić information content (AvgIpc) is 2.36. The highest BCUT2D eigenvalue weighted by Gasteiger charge is 2.20. The molecule has 0 fully saturated rings. The van der Waals surface area contributed by atoms with Crippen LogP contribution in [0.3, 0.4) is 0 Å². The molecule has 2 rings (SSSR count). The fraction of sp³-hybridized carbons (Fsp3) is 0.231. The van der Waals surface area contributed by atoms with Crippen molar-refractivity contribution in [2.75, 3.05) is 6.54 Å². The van der Waals surface area contributed by atoms with Crippen molar-refractivity contribution in [3.05, 3.63) is 34.9 Å². The van der Waals surface area contributed by atoms with Gasteiger partial charge < -0.3 is 10.0 Å². The predicted octanol–water partition coefficient (Wildman–Crippen LogP) is 0.903. The van der Waals surface area contributed by atoms with E-state index in [1.165, 1.54) is 0 Å². The number of benzene rings is 1. The van der Waals surface area contributed by atoms with Crippen molar-refractivity contribution in [2.45, 2.75) is 13.0 Å². The molecule has 1 aromatic carbocycles. The lowest BCUT2D eigenvalue weighted by Crippen LogP contribution is -2.35. The van der Waals surface area contributed by atoms with Crippen LogP contribution >= 0.6 is 0 Å². The normalized spacial score (nSPS) is 13.7. The van der Waals surface area contributed by atoms with Gasteiger partial charge in [0, 0.05) is 13.1 Å². The number of hydrogen-bond donors (Lipinski definition) is 1. The summed E-state index contributed by atoms with van der Waals surface area (Å²) in [5.41, 5.74) is 2.18. The van der Waals surface area contributed by atoms with Crippen molar-refractivity contribution < 1.29 is 14.7 Å². The molecule has 17 heavy (non-hydrogen) atoms. The maximum absolute atomic E-state index is 11.4. The maximum atomic E-state index is 11.4. The van der Waals surface area contributed by atoms with Gasteiger partial charge in [0.2, 0.25) is 0 Å². The lowest BCUT2D eigenvalue weighted by atomic mass is 9.97. The number of aromatic carboxylic acids is 1. The minimum atomic E-state index is -0.965. The summed E-state index contributed by atoms with van der Waals surface area (Å²) in [6.07, 6.45) is 5.78. The molecule has 0 unspecified atom stereocenters. The van der Waals surface area contributed by atoms with Gasteiger partial charge in [-0.05, 0) is 35.6 Å². The molecule has 0 saturated heterocycles. The molecule has 4 nitrogen and oxygen atoms in total. The van der Waals surface area contributed by atoms with Gasteiger partial charge in [-0.15, -0.1) is 6.42 Å². The molecule has 1 N–H and O–H groups in total. The molecular formula is C13H11NO3. The van der Waals surface area contributed by atoms with E-state index in [9.17, 15) is 9.59 Å². The fourth-order valence-corrected chi connectivity index (χ4v) is 1.95. The number of fused-ring (bicyclic) bond motifs is 1. The lowest BCUT2D eigenvalue weighted by Gasteiger charge is -2.27. The van der Waals surface area contributed by atoms with Crippen LogP contribution in [0.2, 0.25) is 0 Å². The first-order chi connectivity index (χ1) is 8.11. The molecule has 1 heterocycles. The first-order valence-electron chi connectivity index (χ1n) is 5.22. The Bertz CT molecular complexity index is 528. The minimum Gasteiger partial charge on any atom is -0.478 e. The largest absolute Gasteiger partial charge is 0.478 e. The van der Waals surface area contributed by atoms with Crippen molar-refractivity contribution >= 4 is 11.9 Å². The summed E-state index contributed by atoms with van der Waals surface area (Å²) in [6.45, 7) is 0.974. The summed E-state index contributed by atoms with van der Waals surface area (Å²) >= 11 is 0. The van der Waals surface area contributed by atoms with Crippen LogP contribution in [0.1, 0.15) is 21.5 Å². The number of carbonyl (C=O) groups is 2. The average molecular weight is 229 g/mol. The summed E-state index contributed by atoms with van der Waals surface area (Å²) in [6, 6.07) is 4.99. The molecule has 0 spiro atoms. The minimum absolute atomic E-state index is 0.235. The van der Waals surface area contributed by atoms with Crippen molar-refractivity contribution in [3.8, 4) is 12.3 Å². The van der Waals surface area contributed by atoms with Crippen LogP contribution in [-0.4, -0.2) is 28.4 Å². The summed E-state index contributed by atoms with van der Waals surface area (Å²) in [7, 11) is 0. The van der Waals surface area contributed by atoms with Crippen molar-refractivity contribution in [2.24, 2.45) is 0 Å². The Hall–Kier alpha value is -2.28. The van der Waals surface area contributed by atoms with Crippen LogP contribution in [0.15, 0.2) is 18.2 Å². The highest BCUT2D eigenvalue weighted by atomic mass is 16.4. The molecule has 4 heteroatoms. The highest BCUT2D eigenvalue weighted by molar-refractivity contribution is 5.93. The maximum Gasteiger partial charge on any atom is 0.335 e. The van der Waals surface area contributed by atoms with Crippen LogP contribution in [0.4, 0.5) is 0 Å². The fourth-order valence-electron chi connectivity index (χ4n) is 1.95. The van der Waals surface area contributed by atoms with Crippen LogP contribution < -0.4 is 0 Å². The van der Waals surface area contributed by atoms with E-state index in [4.69, 9.17) is 11.5 Å². The first-order valence-corrected chi connectivity index (χ1v) is 5.22. The number of amides is 1. The zero-order valence-electron chi connectivity index (χ0n) is 9.14. The molecule has 86 valence electrons. The van der Waals surface area contributed by atoms with Gasteiger partial charge in [0.25, 0.3) is 5.91 Å². The molecule has 0 aromatic heterocycles. The highest BCUT2D eigenvalue weighted by Crippen LogP contribution is 2.20. The van der Waals surface area contributed by atoms with Crippen LogP contribution in [0.5, 0.6) is 0 Å². The number of terminal acetylenes is 1. The molecule has 1 aliphatic rings. The zero-order valence-corrected chi connectivity index (χ0v) is 9.14. The predicted molar refractivity (Wildman–Crippen MR) is 61.4 cm³/mol. The molecule has 0 radical (unpaired) electrons. The molecule has 0 saturated carbocycles. The van der Waals surface area contributed by atoms with Gasteiger partial charge >= 0.3 is 5.97 Å². The number of carbonyl (C=O) groups excluding carboxylic acids is 1. The van der Waals surface area contributed by atoms with Gasteiger partial charge in [0.05, 0.1) is 5.56 Å². The van der Waals surface area contributed by atoms with Gasteiger partial charge in [-0.1, -0.05) is 6.07 Å². The van der Waals surface area contributed by atoms with E-state index in [1.54, 1.807) is 23.1 Å². The lowest BCUT2D eigenvalue weighted by molar-refractivity contribution is -0.125. The Labute approximate surface area is 98.9 Å². The Morgan fingerprint density at radius 2 is 2.12 bits per heavy atom. The third-order valence-corrected chi connectivity index (χ3v) is 2.88. The summed E-state index contributed by atoms with van der Waals surface area (Å²) < 4.78 is 0. The van der Waals surface area contributed by atoms with Gasteiger partial charge in [-0.2, -0.15) is 0 Å². The second kappa shape index (κ2) is 4.30. The van der Waals surface area contributed by atoms with Crippen molar-refractivity contribution in [3.63, 3.8) is 0 Å². The van der Waals surface area contributed by atoms with Crippen molar-refractivity contribution in [1.29, 1.82) is 0 Å². The van der Waals surface area contributed by atoms with Crippen LogP contribution in [-0.2, 0) is 17.8 Å². The Kier molecular flexibility index (Phi) is 2.84. The van der Waals surface area contributed by atoms with E-state index in [0.29, 0.717) is 19.5 Å². The molecule has 1 amide bonds. The second-order valence-corrected chi connectivity index (χ2v) is 3.91. The molecule has 0 bridgehead atoms. The Morgan fingerprint density at radius 1 is 1.35 bits per heavy atom. The summed E-state index contributed by atoms with van der Waals surface area (Å²) in [5, 5.41) is 8.89. The van der Waals surface area contributed by atoms with E-state index in [-0.39, 0.29) is 11.5 Å². The topological polar surface area (TPSA) is 57.6 Å². The van der Waals surface area contributed by atoms with Gasteiger partial charge in [0.1, 0.15) is 0 Å². The van der Waals surface area contributed by atoms with Gasteiger partial charge in [-0.25, -0.2) is 4.79 Å².